The van der Waals surface area contributed by atoms with E-state index in [4.69, 9.17) is 0 Å². The second kappa shape index (κ2) is 7.81. The van der Waals surface area contributed by atoms with Crippen LogP contribution < -0.4 is 5.32 Å². The maximum Gasteiger partial charge on any atom is 0.246 e. The van der Waals surface area contributed by atoms with Crippen LogP contribution in [0.15, 0.2) is 30.3 Å². The SMILES string of the molecule is C[C@@H](c1ccccc1)N1C(=O)CSCC1(C)C(=O)NC1CCCCC1. The molecule has 1 unspecified atom stereocenters. The molecule has 1 aliphatic heterocycles. The van der Waals surface area contributed by atoms with E-state index in [1.807, 2.05) is 49.1 Å². The maximum atomic E-state index is 13.2. The lowest BCUT2D eigenvalue weighted by molar-refractivity contribution is -0.148. The molecule has 1 aromatic carbocycles. The van der Waals surface area contributed by atoms with Crippen LogP contribution in [-0.4, -0.2) is 39.8 Å². The fourth-order valence-corrected chi connectivity index (χ4v) is 5.12. The van der Waals surface area contributed by atoms with E-state index in [9.17, 15) is 9.59 Å². The van der Waals surface area contributed by atoms with Crippen molar-refractivity contribution in [2.75, 3.05) is 11.5 Å². The molecule has 0 bridgehead atoms. The summed E-state index contributed by atoms with van der Waals surface area (Å²) >= 11 is 1.56. The van der Waals surface area contributed by atoms with Gasteiger partial charge in [-0.2, -0.15) is 0 Å². The molecule has 4 nitrogen and oxygen atoms in total. The van der Waals surface area contributed by atoms with E-state index in [0.29, 0.717) is 11.5 Å². The van der Waals surface area contributed by atoms with Gasteiger partial charge in [-0.05, 0) is 32.3 Å². The van der Waals surface area contributed by atoms with Gasteiger partial charge in [0.15, 0.2) is 0 Å². The summed E-state index contributed by atoms with van der Waals surface area (Å²) in [6.07, 6.45) is 5.72. The molecule has 1 aromatic rings. The molecule has 1 heterocycles. The summed E-state index contributed by atoms with van der Waals surface area (Å²) < 4.78 is 0. The Bertz CT molecular complexity index is 615. The third kappa shape index (κ3) is 3.86. The molecule has 1 saturated carbocycles. The van der Waals surface area contributed by atoms with Gasteiger partial charge in [0.05, 0.1) is 11.8 Å². The van der Waals surface area contributed by atoms with Gasteiger partial charge in [-0.15, -0.1) is 11.8 Å². The zero-order valence-corrected chi connectivity index (χ0v) is 16.0. The average Bonchev–Trinajstić information content (AvgIpc) is 2.63. The van der Waals surface area contributed by atoms with Crippen molar-refractivity contribution >= 4 is 23.6 Å². The van der Waals surface area contributed by atoms with Crippen LogP contribution in [0.4, 0.5) is 0 Å². The highest BCUT2D eigenvalue weighted by molar-refractivity contribution is 8.00. The van der Waals surface area contributed by atoms with Crippen molar-refractivity contribution in [3.8, 4) is 0 Å². The molecule has 2 amide bonds. The van der Waals surface area contributed by atoms with Gasteiger partial charge in [0.2, 0.25) is 11.8 Å². The molecule has 1 N–H and O–H groups in total. The van der Waals surface area contributed by atoms with Crippen LogP contribution in [0.25, 0.3) is 0 Å². The lowest BCUT2D eigenvalue weighted by Crippen LogP contribution is -2.64. The number of nitrogens with one attached hydrogen (secondary N) is 1. The summed E-state index contributed by atoms with van der Waals surface area (Å²) in [6, 6.07) is 10.1. The summed E-state index contributed by atoms with van der Waals surface area (Å²) in [5.41, 5.74) is 0.270. The number of carbonyl (C=O) groups is 2. The van der Waals surface area contributed by atoms with Crippen molar-refractivity contribution in [2.45, 2.75) is 63.6 Å². The van der Waals surface area contributed by atoms with Crippen molar-refractivity contribution in [1.29, 1.82) is 0 Å². The summed E-state index contributed by atoms with van der Waals surface area (Å²) in [5, 5.41) is 3.24. The number of hydrogen-bond donors (Lipinski definition) is 1. The van der Waals surface area contributed by atoms with Crippen molar-refractivity contribution < 1.29 is 9.59 Å². The first-order chi connectivity index (χ1) is 12.0. The molecule has 0 spiro atoms. The van der Waals surface area contributed by atoms with Gasteiger partial charge in [0.1, 0.15) is 5.54 Å². The van der Waals surface area contributed by atoms with Crippen LogP contribution >= 0.6 is 11.8 Å². The third-order valence-corrected chi connectivity index (χ3v) is 6.73. The van der Waals surface area contributed by atoms with Gasteiger partial charge in [-0.3, -0.25) is 9.59 Å². The lowest BCUT2D eigenvalue weighted by atomic mass is 9.92. The third-order valence-electron chi connectivity index (χ3n) is 5.51. The van der Waals surface area contributed by atoms with Crippen LogP contribution in [0.3, 0.4) is 0 Å². The molecule has 0 radical (unpaired) electrons. The maximum absolute atomic E-state index is 13.2. The Morgan fingerprint density at radius 3 is 2.60 bits per heavy atom. The summed E-state index contributed by atoms with van der Waals surface area (Å²) in [6.45, 7) is 3.95. The minimum Gasteiger partial charge on any atom is -0.351 e. The van der Waals surface area contributed by atoms with Crippen LogP contribution in [0, 0.1) is 0 Å². The Morgan fingerprint density at radius 2 is 1.92 bits per heavy atom. The zero-order valence-electron chi connectivity index (χ0n) is 15.2. The van der Waals surface area contributed by atoms with Crippen LogP contribution in [0.1, 0.15) is 57.6 Å². The number of carbonyl (C=O) groups excluding carboxylic acids is 2. The molecule has 3 rings (SSSR count). The van der Waals surface area contributed by atoms with E-state index in [1.165, 1.54) is 19.3 Å². The molecule has 2 atom stereocenters. The summed E-state index contributed by atoms with van der Waals surface area (Å²) in [7, 11) is 0. The highest BCUT2D eigenvalue weighted by Gasteiger charge is 2.47. The normalized spacial score (nSPS) is 26.3. The van der Waals surface area contributed by atoms with E-state index >= 15 is 0 Å². The lowest BCUT2D eigenvalue weighted by Gasteiger charge is -2.47. The number of nitrogens with zero attached hydrogens (tertiary/aromatic N) is 1. The van der Waals surface area contributed by atoms with E-state index in [2.05, 4.69) is 5.32 Å². The fourth-order valence-electron chi connectivity index (χ4n) is 4.04. The Kier molecular flexibility index (Phi) is 5.72. The molecule has 136 valence electrons. The van der Waals surface area contributed by atoms with Gasteiger partial charge in [-0.25, -0.2) is 0 Å². The summed E-state index contributed by atoms with van der Waals surface area (Å²) in [5.74, 6) is 1.15. The van der Waals surface area contributed by atoms with Gasteiger partial charge in [0.25, 0.3) is 0 Å². The molecule has 25 heavy (non-hydrogen) atoms. The highest BCUT2D eigenvalue weighted by Crippen LogP contribution is 2.35. The van der Waals surface area contributed by atoms with Crippen molar-refractivity contribution in [1.82, 2.24) is 10.2 Å². The molecule has 1 saturated heterocycles. The molecule has 1 aliphatic carbocycles. The van der Waals surface area contributed by atoms with Crippen LogP contribution in [0.5, 0.6) is 0 Å². The average molecular weight is 361 g/mol. The van der Waals surface area contributed by atoms with E-state index in [0.717, 1.165) is 18.4 Å². The Labute approximate surface area is 154 Å². The predicted octanol–water partition coefficient (Wildman–Crippen LogP) is 3.53. The molecule has 2 fully saturated rings. The fraction of sp³-hybridized carbons (Fsp3) is 0.600. The highest BCUT2D eigenvalue weighted by atomic mass is 32.2. The first-order valence-corrected chi connectivity index (χ1v) is 10.4. The minimum absolute atomic E-state index is 0.00253. The van der Waals surface area contributed by atoms with E-state index in [1.54, 1.807) is 11.8 Å². The van der Waals surface area contributed by atoms with Crippen molar-refractivity contribution in [3.05, 3.63) is 35.9 Å². The minimum atomic E-state index is -0.799. The first-order valence-electron chi connectivity index (χ1n) is 9.28. The number of thioether (sulfide) groups is 1. The topological polar surface area (TPSA) is 49.4 Å². The van der Waals surface area contributed by atoms with Crippen molar-refractivity contribution in [3.63, 3.8) is 0 Å². The van der Waals surface area contributed by atoms with Crippen LogP contribution in [-0.2, 0) is 9.59 Å². The Balaban J connectivity index is 1.82. The smallest absolute Gasteiger partial charge is 0.246 e. The van der Waals surface area contributed by atoms with E-state index < -0.39 is 5.54 Å². The number of benzene rings is 1. The Morgan fingerprint density at radius 1 is 1.24 bits per heavy atom. The largest absolute Gasteiger partial charge is 0.351 e. The second-order valence-corrected chi connectivity index (χ2v) is 8.41. The number of hydrogen-bond acceptors (Lipinski definition) is 3. The van der Waals surface area contributed by atoms with E-state index in [-0.39, 0.29) is 23.9 Å². The van der Waals surface area contributed by atoms with Gasteiger partial charge < -0.3 is 10.2 Å². The van der Waals surface area contributed by atoms with Gasteiger partial charge in [0, 0.05) is 11.8 Å². The second-order valence-electron chi connectivity index (χ2n) is 7.43. The monoisotopic (exact) mass is 360 g/mol. The number of amides is 2. The van der Waals surface area contributed by atoms with Gasteiger partial charge >= 0.3 is 0 Å². The van der Waals surface area contributed by atoms with Gasteiger partial charge in [-0.1, -0.05) is 49.6 Å². The molecular weight excluding hydrogens is 332 g/mol. The Hall–Kier alpha value is -1.49. The van der Waals surface area contributed by atoms with Crippen molar-refractivity contribution in [2.24, 2.45) is 0 Å². The van der Waals surface area contributed by atoms with Crippen LogP contribution in [0.2, 0.25) is 0 Å². The molecular formula is C20H28N2O2S. The summed E-state index contributed by atoms with van der Waals surface area (Å²) in [4.78, 5) is 27.7. The standard InChI is InChI=1S/C20H28N2O2S/c1-15(16-9-5-3-6-10-16)22-18(23)13-25-14-20(22,2)19(24)21-17-11-7-4-8-12-17/h3,5-6,9-10,15,17H,4,7-8,11-14H2,1-2H3,(H,21,24)/t15-,20?/m0/s1. The molecule has 5 heteroatoms. The molecule has 2 aliphatic rings. The first kappa shape index (κ1) is 18.3. The zero-order chi connectivity index (χ0) is 17.9. The predicted molar refractivity (Wildman–Crippen MR) is 102 cm³/mol. The molecule has 0 aromatic heterocycles. The number of rotatable bonds is 4. The quantitative estimate of drug-likeness (QED) is 0.894.